The van der Waals surface area contributed by atoms with Gasteiger partial charge in [-0.15, -0.1) is 12.4 Å². The third-order valence-corrected chi connectivity index (χ3v) is 4.93. The smallest absolute Gasteiger partial charge is 0.254 e. The van der Waals surface area contributed by atoms with Crippen LogP contribution in [0.15, 0.2) is 18.2 Å². The molecular formula is C17H25ClN2O. The molecule has 0 spiro atoms. The molecular weight excluding hydrogens is 284 g/mol. The minimum Gasteiger partial charge on any atom is -0.339 e. The van der Waals surface area contributed by atoms with E-state index < -0.39 is 0 Å². The molecule has 1 N–H and O–H groups in total. The second-order valence-corrected chi connectivity index (χ2v) is 6.37. The van der Waals surface area contributed by atoms with E-state index in [0.717, 1.165) is 67.5 Å². The Balaban J connectivity index is 0.00000161. The van der Waals surface area contributed by atoms with Crippen molar-refractivity contribution in [3.63, 3.8) is 0 Å². The second kappa shape index (κ2) is 6.80. The first-order valence-electron chi connectivity index (χ1n) is 7.72. The van der Waals surface area contributed by atoms with Gasteiger partial charge in [-0.1, -0.05) is 17.7 Å². The molecule has 1 amide bonds. The van der Waals surface area contributed by atoms with Crippen LogP contribution in [-0.2, 0) is 0 Å². The number of amides is 1. The number of nitrogens with one attached hydrogen (secondary N) is 1. The van der Waals surface area contributed by atoms with Crippen LogP contribution in [0.5, 0.6) is 0 Å². The van der Waals surface area contributed by atoms with Crippen molar-refractivity contribution in [2.75, 3.05) is 26.2 Å². The highest BCUT2D eigenvalue weighted by molar-refractivity contribution is 5.95. The third-order valence-electron chi connectivity index (χ3n) is 4.93. The Morgan fingerprint density at radius 3 is 2.38 bits per heavy atom. The zero-order valence-electron chi connectivity index (χ0n) is 12.9. The summed E-state index contributed by atoms with van der Waals surface area (Å²) in [5.74, 6) is 1.76. The fourth-order valence-corrected chi connectivity index (χ4v) is 3.56. The number of aryl methyl sites for hydroxylation is 2. The van der Waals surface area contributed by atoms with Crippen molar-refractivity contribution < 1.29 is 4.79 Å². The van der Waals surface area contributed by atoms with Gasteiger partial charge in [0.2, 0.25) is 0 Å². The fraction of sp³-hybridized carbons (Fsp3) is 0.588. The van der Waals surface area contributed by atoms with Crippen molar-refractivity contribution in [3.8, 4) is 0 Å². The van der Waals surface area contributed by atoms with Gasteiger partial charge in [0.25, 0.3) is 5.91 Å². The van der Waals surface area contributed by atoms with Crippen LogP contribution < -0.4 is 5.32 Å². The molecule has 116 valence electrons. The number of benzene rings is 1. The molecule has 3 nitrogen and oxygen atoms in total. The number of fused-ring (bicyclic) bond motifs is 1. The molecule has 2 saturated heterocycles. The minimum atomic E-state index is 0. The van der Waals surface area contributed by atoms with Gasteiger partial charge in [0.15, 0.2) is 0 Å². The molecule has 3 rings (SSSR count). The maximum absolute atomic E-state index is 12.8. The normalized spacial score (nSPS) is 25.0. The van der Waals surface area contributed by atoms with Crippen LogP contribution in [0.2, 0.25) is 0 Å². The zero-order chi connectivity index (χ0) is 14.1. The number of hydrogen-bond donors (Lipinski definition) is 1. The summed E-state index contributed by atoms with van der Waals surface area (Å²) < 4.78 is 0. The van der Waals surface area contributed by atoms with Gasteiger partial charge >= 0.3 is 0 Å². The predicted molar refractivity (Wildman–Crippen MR) is 88.2 cm³/mol. The molecule has 21 heavy (non-hydrogen) atoms. The van der Waals surface area contributed by atoms with E-state index in [9.17, 15) is 4.79 Å². The molecule has 1 aromatic rings. The number of nitrogens with zero attached hydrogens (tertiary/aromatic N) is 1. The summed E-state index contributed by atoms with van der Waals surface area (Å²) in [7, 11) is 0. The Hall–Kier alpha value is -1.06. The van der Waals surface area contributed by atoms with Gasteiger partial charge in [0.05, 0.1) is 0 Å². The Kier molecular flexibility index (Phi) is 5.28. The number of carbonyl (C=O) groups excluding carboxylic acids is 1. The zero-order valence-corrected chi connectivity index (χ0v) is 13.7. The highest BCUT2D eigenvalue weighted by Crippen LogP contribution is 2.28. The fourth-order valence-electron chi connectivity index (χ4n) is 3.56. The molecule has 0 aliphatic carbocycles. The summed E-state index contributed by atoms with van der Waals surface area (Å²) in [6.07, 6.45) is 2.29. The van der Waals surface area contributed by atoms with E-state index in [-0.39, 0.29) is 18.3 Å². The number of likely N-dealkylation sites (tertiary alicyclic amines) is 1. The van der Waals surface area contributed by atoms with E-state index >= 15 is 0 Å². The largest absolute Gasteiger partial charge is 0.339 e. The van der Waals surface area contributed by atoms with E-state index in [1.165, 1.54) is 0 Å². The van der Waals surface area contributed by atoms with Crippen LogP contribution >= 0.6 is 12.4 Å². The first kappa shape index (κ1) is 16.3. The number of rotatable bonds is 1. The Labute approximate surface area is 133 Å². The SMILES string of the molecule is Cc1ccc(C)c(C(=O)N2CC[C@@H]3CNC[C@@H]3CC2)c1.Cl. The lowest BCUT2D eigenvalue weighted by Crippen LogP contribution is -2.33. The summed E-state index contributed by atoms with van der Waals surface area (Å²) in [6.45, 7) is 8.17. The van der Waals surface area contributed by atoms with Crippen LogP contribution in [0.4, 0.5) is 0 Å². The topological polar surface area (TPSA) is 32.3 Å². The summed E-state index contributed by atoms with van der Waals surface area (Å²) in [4.78, 5) is 14.8. The van der Waals surface area contributed by atoms with Crippen molar-refractivity contribution in [1.82, 2.24) is 10.2 Å². The van der Waals surface area contributed by atoms with Gasteiger partial charge in [-0.05, 0) is 63.2 Å². The number of carbonyl (C=O) groups is 1. The van der Waals surface area contributed by atoms with Crippen molar-refractivity contribution in [3.05, 3.63) is 34.9 Å². The van der Waals surface area contributed by atoms with Gasteiger partial charge in [-0.2, -0.15) is 0 Å². The van der Waals surface area contributed by atoms with Crippen LogP contribution in [-0.4, -0.2) is 37.0 Å². The lowest BCUT2D eigenvalue weighted by Gasteiger charge is -2.22. The van der Waals surface area contributed by atoms with E-state index in [4.69, 9.17) is 0 Å². The molecule has 1 aromatic carbocycles. The van der Waals surface area contributed by atoms with Crippen molar-refractivity contribution in [2.45, 2.75) is 26.7 Å². The first-order chi connectivity index (χ1) is 9.65. The molecule has 0 aromatic heterocycles. The number of halogens is 1. The Bertz CT molecular complexity index is 504. The first-order valence-corrected chi connectivity index (χ1v) is 7.72. The van der Waals surface area contributed by atoms with Gasteiger partial charge in [-0.25, -0.2) is 0 Å². The molecule has 2 aliphatic heterocycles. The molecule has 4 heteroatoms. The standard InChI is InChI=1S/C17H24N2O.ClH/c1-12-3-4-13(2)16(9-12)17(20)19-7-5-14-10-18-11-15(14)6-8-19;/h3-4,9,14-15,18H,5-8,10-11H2,1-2H3;1H/t14-,15+;. The molecule has 2 atom stereocenters. The molecule has 2 fully saturated rings. The lowest BCUT2D eigenvalue weighted by atomic mass is 9.92. The van der Waals surface area contributed by atoms with E-state index in [1.54, 1.807) is 0 Å². The van der Waals surface area contributed by atoms with Crippen LogP contribution in [0.3, 0.4) is 0 Å². The third kappa shape index (κ3) is 3.41. The second-order valence-electron chi connectivity index (χ2n) is 6.37. The summed E-state index contributed by atoms with van der Waals surface area (Å²) >= 11 is 0. The van der Waals surface area contributed by atoms with E-state index in [0.29, 0.717) is 0 Å². The predicted octanol–water partition coefficient (Wildman–Crippen LogP) is 2.80. The summed E-state index contributed by atoms with van der Waals surface area (Å²) in [6, 6.07) is 6.16. The molecule has 0 bridgehead atoms. The van der Waals surface area contributed by atoms with Gasteiger partial charge in [-0.3, -0.25) is 4.79 Å². The van der Waals surface area contributed by atoms with Gasteiger partial charge in [0.1, 0.15) is 0 Å². The van der Waals surface area contributed by atoms with Crippen molar-refractivity contribution in [2.24, 2.45) is 11.8 Å². The maximum atomic E-state index is 12.8. The average molecular weight is 309 g/mol. The van der Waals surface area contributed by atoms with Gasteiger partial charge < -0.3 is 10.2 Å². The molecule has 0 radical (unpaired) electrons. The molecule has 2 heterocycles. The lowest BCUT2D eigenvalue weighted by molar-refractivity contribution is 0.0757. The highest BCUT2D eigenvalue weighted by atomic mass is 35.5. The van der Waals surface area contributed by atoms with Crippen molar-refractivity contribution >= 4 is 18.3 Å². The highest BCUT2D eigenvalue weighted by Gasteiger charge is 2.31. The van der Waals surface area contributed by atoms with Crippen LogP contribution in [0, 0.1) is 25.7 Å². The van der Waals surface area contributed by atoms with Gasteiger partial charge in [0, 0.05) is 18.7 Å². The minimum absolute atomic E-state index is 0. The summed E-state index contributed by atoms with van der Waals surface area (Å²) in [5.41, 5.74) is 3.14. The molecule has 0 saturated carbocycles. The number of hydrogen-bond acceptors (Lipinski definition) is 2. The van der Waals surface area contributed by atoms with Crippen molar-refractivity contribution in [1.29, 1.82) is 0 Å². The van der Waals surface area contributed by atoms with Crippen LogP contribution in [0.25, 0.3) is 0 Å². The monoisotopic (exact) mass is 308 g/mol. The Morgan fingerprint density at radius 1 is 1.14 bits per heavy atom. The summed E-state index contributed by atoms with van der Waals surface area (Å²) in [5, 5.41) is 3.48. The quantitative estimate of drug-likeness (QED) is 0.865. The maximum Gasteiger partial charge on any atom is 0.254 e. The Morgan fingerprint density at radius 2 is 1.76 bits per heavy atom. The average Bonchev–Trinajstić information content (AvgIpc) is 2.80. The molecule has 0 unspecified atom stereocenters. The van der Waals surface area contributed by atoms with E-state index in [2.05, 4.69) is 29.3 Å². The molecule has 2 aliphatic rings. The van der Waals surface area contributed by atoms with Crippen LogP contribution in [0.1, 0.15) is 34.3 Å². The van der Waals surface area contributed by atoms with E-state index in [1.807, 2.05) is 13.0 Å².